The van der Waals surface area contributed by atoms with Gasteiger partial charge in [0.2, 0.25) is 5.91 Å². The molecular formula is C9H8Br2N2O. The van der Waals surface area contributed by atoms with Crippen molar-refractivity contribution in [3.05, 3.63) is 22.8 Å². The number of hydrogen-bond acceptors (Lipinski definition) is 2. The van der Waals surface area contributed by atoms with Crippen LogP contribution in [0.15, 0.2) is 22.8 Å². The van der Waals surface area contributed by atoms with Gasteiger partial charge in [0.05, 0.1) is 0 Å². The van der Waals surface area contributed by atoms with Gasteiger partial charge in [-0.05, 0) is 12.1 Å². The quantitative estimate of drug-likeness (QED) is 0.744. The van der Waals surface area contributed by atoms with Crippen molar-refractivity contribution in [3.63, 3.8) is 0 Å². The zero-order valence-electron chi connectivity index (χ0n) is 7.28. The third-order valence-corrected chi connectivity index (χ3v) is 3.17. The van der Waals surface area contributed by atoms with E-state index in [1.54, 1.807) is 11.1 Å². The molecule has 0 N–H and O–H groups in total. The molecule has 1 aliphatic rings. The Hall–Kier alpha value is -0.420. The van der Waals surface area contributed by atoms with Crippen LogP contribution in [-0.4, -0.2) is 22.3 Å². The summed E-state index contributed by atoms with van der Waals surface area (Å²) < 4.78 is 0.938. The summed E-state index contributed by atoms with van der Waals surface area (Å²) in [6, 6.07) is 3.69. The topological polar surface area (TPSA) is 33.2 Å². The van der Waals surface area contributed by atoms with Gasteiger partial charge in [-0.3, -0.25) is 9.69 Å². The number of carbonyl (C=O) groups excluding carboxylic acids is 1. The number of aromatic nitrogens is 1. The molecule has 1 atom stereocenters. The molecule has 0 aromatic carbocycles. The summed E-state index contributed by atoms with van der Waals surface area (Å²) in [6.07, 6.45) is 2.24. The SMILES string of the molecule is O=C1CC(Br)CN1c1cc(Br)ccn1. The molecule has 74 valence electrons. The summed E-state index contributed by atoms with van der Waals surface area (Å²) in [5.41, 5.74) is 0. The molecule has 0 saturated carbocycles. The summed E-state index contributed by atoms with van der Waals surface area (Å²) in [5, 5.41) is 0. The predicted octanol–water partition coefficient (Wildman–Crippen LogP) is 2.34. The molecule has 1 saturated heterocycles. The van der Waals surface area contributed by atoms with Gasteiger partial charge in [0, 0.05) is 28.5 Å². The van der Waals surface area contributed by atoms with Crippen molar-refractivity contribution >= 4 is 43.6 Å². The van der Waals surface area contributed by atoms with Gasteiger partial charge in [0.1, 0.15) is 5.82 Å². The molecule has 1 unspecified atom stereocenters. The van der Waals surface area contributed by atoms with Crippen molar-refractivity contribution in [2.24, 2.45) is 0 Å². The number of carbonyl (C=O) groups is 1. The zero-order valence-corrected chi connectivity index (χ0v) is 10.5. The molecule has 5 heteroatoms. The van der Waals surface area contributed by atoms with Gasteiger partial charge < -0.3 is 0 Å². The number of hydrogen-bond donors (Lipinski definition) is 0. The molecule has 0 radical (unpaired) electrons. The van der Waals surface area contributed by atoms with E-state index in [-0.39, 0.29) is 10.7 Å². The fraction of sp³-hybridized carbons (Fsp3) is 0.333. The number of rotatable bonds is 1. The van der Waals surface area contributed by atoms with Crippen molar-refractivity contribution in [2.75, 3.05) is 11.4 Å². The number of nitrogens with zero attached hydrogens (tertiary/aromatic N) is 2. The van der Waals surface area contributed by atoms with Crippen LogP contribution in [0.5, 0.6) is 0 Å². The average molecular weight is 320 g/mol. The summed E-state index contributed by atoms with van der Waals surface area (Å²) in [5.74, 6) is 0.837. The lowest BCUT2D eigenvalue weighted by Crippen LogP contribution is -2.25. The first kappa shape index (κ1) is 10.1. The Bertz CT molecular complexity index is 370. The summed E-state index contributed by atoms with van der Waals surface area (Å²) >= 11 is 6.79. The zero-order chi connectivity index (χ0) is 10.1. The maximum absolute atomic E-state index is 11.5. The second-order valence-corrected chi connectivity index (χ2v) is 5.35. The van der Waals surface area contributed by atoms with Crippen LogP contribution in [0.2, 0.25) is 0 Å². The van der Waals surface area contributed by atoms with Crippen LogP contribution in [0.1, 0.15) is 6.42 Å². The third kappa shape index (κ3) is 1.98. The first-order valence-corrected chi connectivity index (χ1v) is 5.93. The Morgan fingerprint density at radius 3 is 2.93 bits per heavy atom. The summed E-state index contributed by atoms with van der Waals surface area (Å²) in [6.45, 7) is 0.697. The fourth-order valence-corrected chi connectivity index (χ4v) is 2.32. The van der Waals surface area contributed by atoms with E-state index in [1.807, 2.05) is 12.1 Å². The van der Waals surface area contributed by atoms with E-state index in [2.05, 4.69) is 36.8 Å². The number of pyridine rings is 1. The van der Waals surface area contributed by atoms with Gasteiger partial charge in [-0.1, -0.05) is 31.9 Å². The van der Waals surface area contributed by atoms with E-state index in [0.717, 1.165) is 4.47 Å². The number of anilines is 1. The highest BCUT2D eigenvalue weighted by atomic mass is 79.9. The Kier molecular flexibility index (Phi) is 2.88. The monoisotopic (exact) mass is 318 g/mol. The van der Waals surface area contributed by atoms with Gasteiger partial charge in [0.25, 0.3) is 0 Å². The van der Waals surface area contributed by atoms with Crippen molar-refractivity contribution in [3.8, 4) is 0 Å². The van der Waals surface area contributed by atoms with Gasteiger partial charge in [-0.15, -0.1) is 0 Å². The molecular weight excluding hydrogens is 312 g/mol. The highest BCUT2D eigenvalue weighted by Crippen LogP contribution is 2.25. The highest BCUT2D eigenvalue weighted by Gasteiger charge is 2.29. The summed E-state index contributed by atoms with van der Waals surface area (Å²) in [7, 11) is 0. The van der Waals surface area contributed by atoms with Crippen molar-refractivity contribution in [1.29, 1.82) is 0 Å². The van der Waals surface area contributed by atoms with E-state index in [0.29, 0.717) is 18.8 Å². The maximum Gasteiger partial charge on any atom is 0.229 e. The lowest BCUT2D eigenvalue weighted by molar-refractivity contribution is -0.117. The first-order valence-electron chi connectivity index (χ1n) is 4.23. The van der Waals surface area contributed by atoms with Gasteiger partial charge in [-0.2, -0.15) is 0 Å². The van der Waals surface area contributed by atoms with Gasteiger partial charge in [-0.25, -0.2) is 4.98 Å². The second-order valence-electron chi connectivity index (χ2n) is 3.14. The average Bonchev–Trinajstić information content (AvgIpc) is 2.45. The molecule has 1 aromatic rings. The number of alkyl halides is 1. The van der Waals surface area contributed by atoms with Crippen LogP contribution < -0.4 is 4.90 Å². The Morgan fingerprint density at radius 1 is 1.57 bits per heavy atom. The maximum atomic E-state index is 11.5. The lowest BCUT2D eigenvalue weighted by atomic mass is 10.4. The molecule has 3 nitrogen and oxygen atoms in total. The van der Waals surface area contributed by atoms with Gasteiger partial charge in [0.15, 0.2) is 0 Å². The molecule has 2 rings (SSSR count). The molecule has 1 amide bonds. The molecule has 2 heterocycles. The van der Waals surface area contributed by atoms with E-state index in [4.69, 9.17) is 0 Å². The first-order chi connectivity index (χ1) is 6.66. The largest absolute Gasteiger partial charge is 0.296 e. The van der Waals surface area contributed by atoms with Gasteiger partial charge >= 0.3 is 0 Å². The van der Waals surface area contributed by atoms with Crippen LogP contribution in [0, 0.1) is 0 Å². The van der Waals surface area contributed by atoms with Crippen molar-refractivity contribution in [2.45, 2.75) is 11.2 Å². The van der Waals surface area contributed by atoms with Crippen LogP contribution in [-0.2, 0) is 4.79 Å². The highest BCUT2D eigenvalue weighted by molar-refractivity contribution is 9.10. The molecule has 14 heavy (non-hydrogen) atoms. The lowest BCUT2D eigenvalue weighted by Gasteiger charge is -2.14. The smallest absolute Gasteiger partial charge is 0.229 e. The van der Waals surface area contributed by atoms with E-state index in [1.165, 1.54) is 0 Å². The second kappa shape index (κ2) is 3.98. The minimum atomic E-state index is 0.123. The third-order valence-electron chi connectivity index (χ3n) is 2.06. The molecule has 0 spiro atoms. The number of amides is 1. The number of halogens is 2. The Balaban J connectivity index is 2.27. The molecule has 0 bridgehead atoms. The van der Waals surface area contributed by atoms with E-state index >= 15 is 0 Å². The normalized spacial score (nSPS) is 21.7. The van der Waals surface area contributed by atoms with E-state index in [9.17, 15) is 4.79 Å². The molecule has 1 aliphatic heterocycles. The van der Waals surface area contributed by atoms with Crippen LogP contribution in [0.25, 0.3) is 0 Å². The van der Waals surface area contributed by atoms with Crippen molar-refractivity contribution in [1.82, 2.24) is 4.98 Å². The molecule has 1 fully saturated rings. The van der Waals surface area contributed by atoms with E-state index < -0.39 is 0 Å². The summed E-state index contributed by atoms with van der Waals surface area (Å²) in [4.78, 5) is 17.6. The Morgan fingerprint density at radius 2 is 2.36 bits per heavy atom. The molecule has 1 aromatic heterocycles. The predicted molar refractivity (Wildman–Crippen MR) is 61.6 cm³/mol. The van der Waals surface area contributed by atoms with Crippen LogP contribution >= 0.6 is 31.9 Å². The molecule has 0 aliphatic carbocycles. The van der Waals surface area contributed by atoms with Crippen molar-refractivity contribution < 1.29 is 4.79 Å². The minimum Gasteiger partial charge on any atom is -0.296 e. The Labute approximate surface area is 98.8 Å². The van der Waals surface area contributed by atoms with Crippen LogP contribution in [0.4, 0.5) is 5.82 Å². The van der Waals surface area contributed by atoms with Crippen LogP contribution in [0.3, 0.4) is 0 Å². The fourth-order valence-electron chi connectivity index (χ4n) is 1.43. The minimum absolute atomic E-state index is 0.123. The standard InChI is InChI=1S/C9H8Br2N2O/c10-6-1-2-12-8(3-6)13-5-7(11)4-9(13)14/h1-3,7H,4-5H2.